The molecule has 1 saturated heterocycles. The number of hydrogen-bond donors (Lipinski definition) is 2. The molecule has 0 aliphatic carbocycles. The van der Waals surface area contributed by atoms with Crippen molar-refractivity contribution >= 4 is 11.6 Å². The van der Waals surface area contributed by atoms with Crippen molar-refractivity contribution in [2.45, 2.75) is 39.0 Å². The van der Waals surface area contributed by atoms with Gasteiger partial charge in [0.1, 0.15) is 0 Å². The van der Waals surface area contributed by atoms with E-state index in [-0.39, 0.29) is 17.9 Å². The van der Waals surface area contributed by atoms with E-state index in [0.717, 1.165) is 31.6 Å². The Morgan fingerprint density at radius 1 is 1.32 bits per heavy atom. The van der Waals surface area contributed by atoms with Crippen LogP contribution in [0.2, 0.25) is 0 Å². The average molecular weight is 304 g/mol. The quantitative estimate of drug-likeness (QED) is 0.899. The Morgan fingerprint density at radius 3 is 2.59 bits per heavy atom. The van der Waals surface area contributed by atoms with E-state index in [1.807, 2.05) is 12.1 Å². The summed E-state index contributed by atoms with van der Waals surface area (Å²) in [7, 11) is 0. The monoisotopic (exact) mass is 304 g/mol. The summed E-state index contributed by atoms with van der Waals surface area (Å²) in [6, 6.07) is 8.06. The maximum atomic E-state index is 12.1. The molecular formula is C18H28N2O2. The first kappa shape index (κ1) is 17.0. The number of carbonyl (C=O) groups excluding carboxylic acids is 1. The minimum absolute atomic E-state index is 0.0158. The van der Waals surface area contributed by atoms with Gasteiger partial charge in [0.05, 0.1) is 6.54 Å². The number of nitrogens with one attached hydrogen (secondary N) is 1. The number of piperidine rings is 1. The number of nitrogens with zero attached hydrogens (tertiary/aromatic N) is 1. The zero-order valence-electron chi connectivity index (χ0n) is 13.9. The van der Waals surface area contributed by atoms with Crippen LogP contribution in [0.3, 0.4) is 0 Å². The van der Waals surface area contributed by atoms with Crippen molar-refractivity contribution in [3.05, 3.63) is 29.8 Å². The molecule has 0 radical (unpaired) electrons. The first-order valence-electron chi connectivity index (χ1n) is 8.12. The van der Waals surface area contributed by atoms with Crippen LogP contribution < -0.4 is 5.32 Å². The molecule has 1 atom stereocenters. The molecule has 1 unspecified atom stereocenters. The Bertz CT molecular complexity index is 491. The highest BCUT2D eigenvalue weighted by atomic mass is 16.3. The van der Waals surface area contributed by atoms with E-state index < -0.39 is 0 Å². The van der Waals surface area contributed by atoms with Gasteiger partial charge in [0.15, 0.2) is 0 Å². The van der Waals surface area contributed by atoms with Gasteiger partial charge in [-0.25, -0.2) is 0 Å². The topological polar surface area (TPSA) is 52.6 Å². The number of aliphatic hydroxyl groups excluding tert-OH is 1. The van der Waals surface area contributed by atoms with E-state index in [2.05, 4.69) is 43.1 Å². The Kier molecular flexibility index (Phi) is 5.59. The summed E-state index contributed by atoms with van der Waals surface area (Å²) >= 11 is 0. The lowest BCUT2D eigenvalue weighted by atomic mass is 9.87. The largest absolute Gasteiger partial charge is 0.396 e. The SMILES string of the molecule is CC(C)(C)c1ccc(NC(=O)CN2CCCC(CO)C2)cc1. The van der Waals surface area contributed by atoms with Gasteiger partial charge in [-0.2, -0.15) is 0 Å². The van der Waals surface area contributed by atoms with Crippen LogP contribution >= 0.6 is 0 Å². The van der Waals surface area contributed by atoms with Crippen molar-refractivity contribution in [2.24, 2.45) is 5.92 Å². The van der Waals surface area contributed by atoms with Crippen molar-refractivity contribution in [3.8, 4) is 0 Å². The van der Waals surface area contributed by atoms with Gasteiger partial charge < -0.3 is 10.4 Å². The molecule has 1 aliphatic rings. The predicted octanol–water partition coefficient (Wildman–Crippen LogP) is 2.63. The van der Waals surface area contributed by atoms with Crippen LogP contribution in [0.1, 0.15) is 39.2 Å². The van der Waals surface area contributed by atoms with Crippen molar-refractivity contribution in [1.29, 1.82) is 0 Å². The van der Waals surface area contributed by atoms with E-state index in [1.165, 1.54) is 5.56 Å². The Labute approximate surface area is 133 Å². The number of carbonyl (C=O) groups is 1. The van der Waals surface area contributed by atoms with Crippen molar-refractivity contribution in [2.75, 3.05) is 31.6 Å². The molecule has 0 aromatic heterocycles. The fraction of sp³-hybridized carbons (Fsp3) is 0.611. The summed E-state index contributed by atoms with van der Waals surface area (Å²) in [4.78, 5) is 14.3. The molecule has 2 N–H and O–H groups in total. The molecule has 0 spiro atoms. The molecule has 4 heteroatoms. The highest BCUT2D eigenvalue weighted by molar-refractivity contribution is 5.92. The van der Waals surface area contributed by atoms with Gasteiger partial charge in [-0.15, -0.1) is 0 Å². The van der Waals surface area contributed by atoms with Crippen LogP contribution in [0.4, 0.5) is 5.69 Å². The zero-order valence-corrected chi connectivity index (χ0v) is 13.9. The molecule has 22 heavy (non-hydrogen) atoms. The second-order valence-corrected chi connectivity index (χ2v) is 7.30. The van der Waals surface area contributed by atoms with Gasteiger partial charge in [0.25, 0.3) is 0 Å². The summed E-state index contributed by atoms with van der Waals surface area (Å²) < 4.78 is 0. The first-order chi connectivity index (χ1) is 10.4. The van der Waals surface area contributed by atoms with Crippen LogP contribution in [0.15, 0.2) is 24.3 Å². The summed E-state index contributed by atoms with van der Waals surface area (Å²) in [5.41, 5.74) is 2.22. The second-order valence-electron chi connectivity index (χ2n) is 7.30. The van der Waals surface area contributed by atoms with Gasteiger partial charge in [-0.05, 0) is 48.4 Å². The maximum Gasteiger partial charge on any atom is 0.238 e. The number of likely N-dealkylation sites (tertiary alicyclic amines) is 1. The number of rotatable bonds is 4. The summed E-state index contributed by atoms with van der Waals surface area (Å²) in [5, 5.41) is 12.2. The standard InChI is InChI=1S/C18H28N2O2/c1-18(2,3)15-6-8-16(9-7-15)19-17(22)12-20-10-4-5-14(11-20)13-21/h6-9,14,21H,4-5,10-13H2,1-3H3,(H,19,22). The normalized spacial score (nSPS) is 19.9. The molecule has 1 aliphatic heterocycles. The Balaban J connectivity index is 1.86. The molecule has 122 valence electrons. The molecule has 1 amide bonds. The molecule has 1 fully saturated rings. The molecule has 4 nitrogen and oxygen atoms in total. The number of hydrogen-bond acceptors (Lipinski definition) is 3. The summed E-state index contributed by atoms with van der Waals surface area (Å²) in [6.07, 6.45) is 2.11. The zero-order chi connectivity index (χ0) is 16.2. The number of aliphatic hydroxyl groups is 1. The third-order valence-electron chi connectivity index (χ3n) is 4.26. The van der Waals surface area contributed by atoms with Crippen molar-refractivity contribution in [3.63, 3.8) is 0 Å². The lowest BCUT2D eigenvalue weighted by Crippen LogP contribution is -2.41. The number of anilines is 1. The van der Waals surface area contributed by atoms with Gasteiger partial charge >= 0.3 is 0 Å². The predicted molar refractivity (Wildman–Crippen MR) is 90.0 cm³/mol. The fourth-order valence-corrected chi connectivity index (χ4v) is 2.90. The average Bonchev–Trinajstić information content (AvgIpc) is 2.47. The van der Waals surface area contributed by atoms with Gasteiger partial charge in [-0.3, -0.25) is 9.69 Å². The molecule has 1 aromatic carbocycles. The van der Waals surface area contributed by atoms with E-state index in [9.17, 15) is 9.90 Å². The molecule has 0 bridgehead atoms. The second kappa shape index (κ2) is 7.25. The first-order valence-corrected chi connectivity index (χ1v) is 8.12. The summed E-state index contributed by atoms with van der Waals surface area (Å²) in [6.45, 7) is 8.89. The van der Waals surface area contributed by atoms with E-state index in [1.54, 1.807) is 0 Å². The van der Waals surface area contributed by atoms with Gasteiger partial charge in [-0.1, -0.05) is 32.9 Å². The van der Waals surface area contributed by atoms with Gasteiger partial charge in [0, 0.05) is 18.8 Å². The third-order valence-corrected chi connectivity index (χ3v) is 4.26. The minimum Gasteiger partial charge on any atom is -0.396 e. The van der Waals surface area contributed by atoms with Crippen LogP contribution in [0.25, 0.3) is 0 Å². The van der Waals surface area contributed by atoms with Crippen molar-refractivity contribution in [1.82, 2.24) is 4.90 Å². The lowest BCUT2D eigenvalue weighted by molar-refractivity contribution is -0.117. The van der Waals surface area contributed by atoms with E-state index in [4.69, 9.17) is 0 Å². The maximum absolute atomic E-state index is 12.1. The van der Waals surface area contributed by atoms with E-state index >= 15 is 0 Å². The number of benzene rings is 1. The number of amides is 1. The van der Waals surface area contributed by atoms with Crippen LogP contribution in [0.5, 0.6) is 0 Å². The van der Waals surface area contributed by atoms with Gasteiger partial charge in [0.2, 0.25) is 5.91 Å². The third kappa shape index (κ3) is 4.82. The lowest BCUT2D eigenvalue weighted by Gasteiger charge is -2.31. The highest BCUT2D eigenvalue weighted by Gasteiger charge is 2.21. The fourth-order valence-electron chi connectivity index (χ4n) is 2.90. The highest BCUT2D eigenvalue weighted by Crippen LogP contribution is 2.23. The Morgan fingerprint density at radius 2 is 2.00 bits per heavy atom. The smallest absolute Gasteiger partial charge is 0.238 e. The van der Waals surface area contributed by atoms with Crippen LogP contribution in [0, 0.1) is 5.92 Å². The van der Waals surface area contributed by atoms with E-state index in [0.29, 0.717) is 12.5 Å². The molecular weight excluding hydrogens is 276 g/mol. The summed E-state index contributed by atoms with van der Waals surface area (Å²) in [5.74, 6) is 0.328. The molecule has 1 aromatic rings. The minimum atomic E-state index is 0.0158. The Hall–Kier alpha value is -1.39. The molecule has 2 rings (SSSR count). The van der Waals surface area contributed by atoms with Crippen molar-refractivity contribution < 1.29 is 9.90 Å². The van der Waals surface area contributed by atoms with Crippen LogP contribution in [-0.2, 0) is 10.2 Å². The molecule has 1 heterocycles. The molecule has 0 saturated carbocycles. The van der Waals surface area contributed by atoms with Crippen LogP contribution in [-0.4, -0.2) is 42.2 Å².